The molecule has 1 aliphatic rings. The van der Waals surface area contributed by atoms with Crippen LogP contribution in [-0.2, 0) is 0 Å². The first-order valence-corrected chi connectivity index (χ1v) is 8.81. The van der Waals surface area contributed by atoms with E-state index in [2.05, 4.69) is 10.1 Å². The van der Waals surface area contributed by atoms with Gasteiger partial charge in [-0.1, -0.05) is 18.2 Å². The topological polar surface area (TPSA) is 94.1 Å². The average molecular weight is 361 g/mol. The molecule has 0 spiro atoms. The first-order valence-electron chi connectivity index (χ1n) is 8.81. The Morgan fingerprint density at radius 3 is 2.63 bits per heavy atom. The van der Waals surface area contributed by atoms with E-state index in [-0.39, 0.29) is 17.5 Å². The number of anilines is 1. The average Bonchev–Trinajstić information content (AvgIpc) is 3.35. The first kappa shape index (κ1) is 17.0. The molecule has 0 radical (unpaired) electrons. The molecule has 0 aliphatic carbocycles. The second kappa shape index (κ2) is 7.03. The minimum Gasteiger partial charge on any atom is -0.383 e. The number of Topliss-reactive ketones (excluding diaryl/α,β-unsaturated/α-hetero) is 1. The van der Waals surface area contributed by atoms with Gasteiger partial charge in [-0.3, -0.25) is 14.6 Å². The molecule has 3 aromatic rings. The van der Waals surface area contributed by atoms with Crippen molar-refractivity contribution in [1.82, 2.24) is 19.7 Å². The number of para-hydroxylation sites is 1. The minimum absolute atomic E-state index is 0.176. The van der Waals surface area contributed by atoms with Crippen molar-refractivity contribution in [3.8, 4) is 5.69 Å². The maximum absolute atomic E-state index is 13.1. The Kier molecular flexibility index (Phi) is 4.42. The number of likely N-dealkylation sites (tertiary alicyclic amines) is 1. The van der Waals surface area contributed by atoms with Gasteiger partial charge in [-0.25, -0.2) is 4.68 Å². The number of benzene rings is 1. The molecule has 1 atom stereocenters. The molecule has 1 amide bonds. The van der Waals surface area contributed by atoms with Crippen molar-refractivity contribution in [3.63, 3.8) is 0 Å². The number of hydrogen-bond donors (Lipinski definition) is 1. The molecule has 0 saturated carbocycles. The quantitative estimate of drug-likeness (QED) is 0.720. The van der Waals surface area contributed by atoms with Crippen LogP contribution in [-0.4, -0.2) is 43.9 Å². The van der Waals surface area contributed by atoms with Crippen LogP contribution in [0.25, 0.3) is 5.69 Å². The van der Waals surface area contributed by atoms with Crippen molar-refractivity contribution in [1.29, 1.82) is 0 Å². The highest BCUT2D eigenvalue weighted by atomic mass is 16.2. The van der Waals surface area contributed by atoms with Crippen molar-refractivity contribution in [3.05, 3.63) is 72.2 Å². The zero-order valence-electron chi connectivity index (χ0n) is 14.7. The smallest absolute Gasteiger partial charge is 0.256 e. The number of nitrogens with two attached hydrogens (primary N) is 1. The summed E-state index contributed by atoms with van der Waals surface area (Å²) in [5.41, 5.74) is 7.80. The van der Waals surface area contributed by atoms with Crippen molar-refractivity contribution in [2.24, 2.45) is 0 Å². The molecular weight excluding hydrogens is 342 g/mol. The third-order valence-corrected chi connectivity index (χ3v) is 4.80. The standard InChI is InChI=1S/C20H19N5O2/c21-19-16(13-23-25(19)15-7-2-1-3-8-15)18(26)17-9-5-11-24(17)20(27)14-6-4-10-22-12-14/h1-4,6-8,10,12-13,17H,5,9,11,21H2. The molecule has 4 rings (SSSR count). The summed E-state index contributed by atoms with van der Waals surface area (Å²) in [7, 11) is 0. The lowest BCUT2D eigenvalue weighted by Crippen LogP contribution is -2.40. The maximum Gasteiger partial charge on any atom is 0.256 e. The van der Waals surface area contributed by atoms with Crippen LogP contribution in [0, 0.1) is 0 Å². The van der Waals surface area contributed by atoms with Gasteiger partial charge in [-0.15, -0.1) is 0 Å². The van der Waals surface area contributed by atoms with Crippen LogP contribution in [0.1, 0.15) is 33.6 Å². The highest BCUT2D eigenvalue weighted by Crippen LogP contribution is 2.26. The largest absolute Gasteiger partial charge is 0.383 e. The van der Waals surface area contributed by atoms with Gasteiger partial charge >= 0.3 is 0 Å². The number of hydrogen-bond acceptors (Lipinski definition) is 5. The Balaban J connectivity index is 1.61. The predicted octanol–water partition coefficient (Wildman–Crippen LogP) is 2.34. The SMILES string of the molecule is Nc1c(C(=O)C2CCCN2C(=O)c2cccnc2)cnn1-c1ccccc1. The number of carbonyl (C=O) groups is 2. The van der Waals surface area contributed by atoms with Crippen molar-refractivity contribution < 1.29 is 9.59 Å². The highest BCUT2D eigenvalue weighted by Gasteiger charge is 2.36. The summed E-state index contributed by atoms with van der Waals surface area (Å²) in [6.45, 7) is 0.539. The van der Waals surface area contributed by atoms with Crippen LogP contribution in [0.4, 0.5) is 5.82 Å². The normalized spacial score (nSPS) is 16.4. The van der Waals surface area contributed by atoms with Gasteiger partial charge in [0.1, 0.15) is 5.82 Å². The molecule has 2 aromatic heterocycles. The van der Waals surface area contributed by atoms with E-state index in [9.17, 15) is 9.59 Å². The molecule has 7 heteroatoms. The Morgan fingerprint density at radius 2 is 1.89 bits per heavy atom. The molecule has 1 saturated heterocycles. The molecule has 2 N–H and O–H groups in total. The second-order valence-corrected chi connectivity index (χ2v) is 6.45. The summed E-state index contributed by atoms with van der Waals surface area (Å²) in [5.74, 6) is -0.0794. The summed E-state index contributed by atoms with van der Waals surface area (Å²) in [5, 5.41) is 4.26. The summed E-state index contributed by atoms with van der Waals surface area (Å²) in [6.07, 6.45) is 6.00. The third-order valence-electron chi connectivity index (χ3n) is 4.80. The van der Waals surface area contributed by atoms with E-state index in [1.54, 1.807) is 23.2 Å². The Labute approximate surface area is 156 Å². The Hall–Kier alpha value is -3.48. The molecule has 1 aliphatic heterocycles. The van der Waals surface area contributed by atoms with Crippen LogP contribution >= 0.6 is 0 Å². The molecule has 7 nitrogen and oxygen atoms in total. The predicted molar refractivity (Wildman–Crippen MR) is 101 cm³/mol. The van der Waals surface area contributed by atoms with Gasteiger partial charge in [0, 0.05) is 18.9 Å². The van der Waals surface area contributed by atoms with E-state index in [4.69, 9.17) is 5.73 Å². The highest BCUT2D eigenvalue weighted by molar-refractivity contribution is 6.07. The Morgan fingerprint density at radius 1 is 1.07 bits per heavy atom. The van der Waals surface area contributed by atoms with Crippen molar-refractivity contribution in [2.45, 2.75) is 18.9 Å². The lowest BCUT2D eigenvalue weighted by atomic mass is 10.0. The zero-order valence-corrected chi connectivity index (χ0v) is 14.7. The number of nitrogens with zero attached hydrogens (tertiary/aromatic N) is 4. The van der Waals surface area contributed by atoms with E-state index in [0.29, 0.717) is 24.1 Å². The molecule has 1 fully saturated rings. The number of aromatic nitrogens is 3. The molecule has 1 unspecified atom stereocenters. The molecule has 27 heavy (non-hydrogen) atoms. The molecule has 136 valence electrons. The monoisotopic (exact) mass is 361 g/mol. The van der Waals surface area contributed by atoms with Crippen LogP contribution in [0.15, 0.2) is 61.1 Å². The number of amides is 1. The second-order valence-electron chi connectivity index (χ2n) is 6.45. The summed E-state index contributed by atoms with van der Waals surface area (Å²) >= 11 is 0. The summed E-state index contributed by atoms with van der Waals surface area (Å²) < 4.78 is 1.54. The van der Waals surface area contributed by atoms with Gasteiger partial charge in [0.05, 0.1) is 29.1 Å². The third kappa shape index (κ3) is 3.08. The van der Waals surface area contributed by atoms with Gasteiger partial charge in [0.25, 0.3) is 5.91 Å². The number of rotatable bonds is 4. The Bertz CT molecular complexity index is 969. The number of nitrogen functional groups attached to an aromatic ring is 1. The molecule has 3 heterocycles. The fourth-order valence-corrected chi connectivity index (χ4v) is 3.44. The van der Waals surface area contributed by atoms with E-state index in [1.165, 1.54) is 17.1 Å². The number of carbonyl (C=O) groups excluding carboxylic acids is 2. The summed E-state index contributed by atoms with van der Waals surface area (Å²) in [6, 6.07) is 12.3. The summed E-state index contributed by atoms with van der Waals surface area (Å²) in [4.78, 5) is 31.5. The fourth-order valence-electron chi connectivity index (χ4n) is 3.44. The molecular formula is C20H19N5O2. The number of ketones is 1. The van der Waals surface area contributed by atoms with Crippen LogP contribution in [0.5, 0.6) is 0 Å². The van der Waals surface area contributed by atoms with Gasteiger partial charge in [-0.2, -0.15) is 5.10 Å². The van der Waals surface area contributed by atoms with E-state index < -0.39 is 6.04 Å². The first-order chi connectivity index (χ1) is 13.2. The van der Waals surface area contributed by atoms with Gasteiger partial charge in [-0.05, 0) is 37.1 Å². The van der Waals surface area contributed by atoms with Crippen molar-refractivity contribution in [2.75, 3.05) is 12.3 Å². The lowest BCUT2D eigenvalue weighted by molar-refractivity contribution is 0.0671. The fraction of sp³-hybridized carbons (Fsp3) is 0.200. The van der Waals surface area contributed by atoms with Crippen LogP contribution in [0.2, 0.25) is 0 Å². The van der Waals surface area contributed by atoms with Gasteiger partial charge < -0.3 is 10.6 Å². The zero-order chi connectivity index (χ0) is 18.8. The molecule has 1 aromatic carbocycles. The number of pyridine rings is 1. The van der Waals surface area contributed by atoms with E-state index in [1.807, 2.05) is 30.3 Å². The molecule has 0 bridgehead atoms. The van der Waals surface area contributed by atoms with Crippen LogP contribution < -0.4 is 5.73 Å². The van der Waals surface area contributed by atoms with Gasteiger partial charge in [0.15, 0.2) is 5.78 Å². The van der Waals surface area contributed by atoms with E-state index in [0.717, 1.165) is 12.1 Å². The van der Waals surface area contributed by atoms with Gasteiger partial charge in [0.2, 0.25) is 0 Å². The van der Waals surface area contributed by atoms with Crippen LogP contribution in [0.3, 0.4) is 0 Å². The van der Waals surface area contributed by atoms with E-state index >= 15 is 0 Å². The van der Waals surface area contributed by atoms with Crippen molar-refractivity contribution >= 4 is 17.5 Å². The lowest BCUT2D eigenvalue weighted by Gasteiger charge is -2.23. The maximum atomic E-state index is 13.1. The minimum atomic E-state index is -0.534.